The van der Waals surface area contributed by atoms with E-state index in [-0.39, 0.29) is 34.0 Å². The van der Waals surface area contributed by atoms with Crippen LogP contribution in [0.4, 0.5) is 11.4 Å². The lowest BCUT2D eigenvalue weighted by molar-refractivity contribution is -0.678. The molecule has 4 aromatic rings. The molecule has 3 aromatic heterocycles. The van der Waals surface area contributed by atoms with E-state index >= 15 is 0 Å². The van der Waals surface area contributed by atoms with E-state index < -0.39 is 0 Å². The Kier molecular flexibility index (Phi) is 12.1. The molecule has 0 radical (unpaired) electrons. The Morgan fingerprint density at radius 1 is 0.639 bits per heavy atom. The van der Waals surface area contributed by atoms with Crippen LogP contribution in [0.5, 0.6) is 0 Å². The number of aryl methyl sites for hydroxylation is 4. The third-order valence-electron chi connectivity index (χ3n) is 6.95. The molecule has 0 fully saturated rings. The zero-order valence-electron chi connectivity index (χ0n) is 21.6. The highest BCUT2D eigenvalue weighted by Gasteiger charge is 2.16. The van der Waals surface area contributed by atoms with Gasteiger partial charge in [-0.3, -0.25) is 0 Å². The van der Waals surface area contributed by atoms with E-state index in [4.69, 9.17) is 11.5 Å². The number of unbranched alkanes of at least 4 members (excludes halogenated alkanes) is 7. The fourth-order valence-corrected chi connectivity index (χ4v) is 5.12. The molecule has 0 spiro atoms. The van der Waals surface area contributed by atoms with E-state index in [1.165, 1.54) is 68.3 Å². The largest absolute Gasteiger partial charge is 0.398 e. The molecule has 0 aliphatic carbocycles. The highest BCUT2D eigenvalue weighted by molar-refractivity contribution is 8.93. The van der Waals surface area contributed by atoms with E-state index in [1.54, 1.807) is 0 Å². The number of nitrogen functional groups attached to an aromatic ring is 2. The van der Waals surface area contributed by atoms with Crippen LogP contribution in [-0.4, -0.2) is 4.98 Å². The van der Waals surface area contributed by atoms with Crippen molar-refractivity contribution in [2.75, 3.05) is 11.5 Å². The maximum absolute atomic E-state index is 6.22. The molecular formula is C29H41Br2N5+2. The van der Waals surface area contributed by atoms with Crippen LogP contribution < -0.4 is 20.6 Å². The molecule has 36 heavy (non-hydrogen) atoms. The summed E-state index contributed by atoms with van der Waals surface area (Å²) in [6.07, 6.45) is 12.0. The summed E-state index contributed by atoms with van der Waals surface area (Å²) in [4.78, 5) is 4.47. The quantitative estimate of drug-likeness (QED) is 0.145. The van der Waals surface area contributed by atoms with Crippen LogP contribution in [0.25, 0.3) is 21.9 Å². The van der Waals surface area contributed by atoms with E-state index in [0.717, 1.165) is 40.9 Å². The smallest absolute Gasteiger partial charge is 0.233 e. The number of fused-ring (bicyclic) bond motifs is 2. The Bertz CT molecular complexity index is 1180. The first-order valence-electron chi connectivity index (χ1n) is 12.8. The van der Waals surface area contributed by atoms with Crippen molar-refractivity contribution in [3.05, 3.63) is 66.1 Å². The van der Waals surface area contributed by atoms with Gasteiger partial charge in [0.05, 0.1) is 16.8 Å². The summed E-state index contributed by atoms with van der Waals surface area (Å²) in [5, 5.41) is 1.16. The molecule has 4 N–H and O–H groups in total. The molecule has 0 aliphatic heterocycles. The van der Waals surface area contributed by atoms with Crippen molar-refractivity contribution >= 4 is 67.3 Å². The van der Waals surface area contributed by atoms with E-state index in [1.807, 2.05) is 18.3 Å². The van der Waals surface area contributed by atoms with Crippen molar-refractivity contribution < 1.29 is 9.13 Å². The number of hydrogen-bond donors (Lipinski definition) is 2. The standard InChI is InChI=1S/C29H37N5.2BrH/c1-22-20-25(30)24-14-9-10-15-27(24)33(22)18-11-7-5-3-4-6-8-12-19-34-23(2)21-26(31)29-28(34)16-13-17-32-29;;/h9-10,13-17,20-21,30-31H,3-8,11-12,18-19H2,1-2H3;2*1H/p+2. The summed E-state index contributed by atoms with van der Waals surface area (Å²) in [7, 11) is 0. The first-order chi connectivity index (χ1) is 16.6. The van der Waals surface area contributed by atoms with Gasteiger partial charge in [-0.15, -0.1) is 34.0 Å². The van der Waals surface area contributed by atoms with Gasteiger partial charge in [-0.1, -0.05) is 37.8 Å². The summed E-state index contributed by atoms with van der Waals surface area (Å²) in [6.45, 7) is 6.39. The number of nitrogens with zero attached hydrogens (tertiary/aromatic N) is 3. The van der Waals surface area contributed by atoms with Crippen LogP contribution in [0.15, 0.2) is 54.7 Å². The monoisotopic (exact) mass is 617 g/mol. The highest BCUT2D eigenvalue weighted by Crippen LogP contribution is 2.19. The minimum absolute atomic E-state index is 0. The lowest BCUT2D eigenvalue weighted by Gasteiger charge is -2.07. The number of halogens is 2. The van der Waals surface area contributed by atoms with Gasteiger partial charge in [0.25, 0.3) is 0 Å². The van der Waals surface area contributed by atoms with Gasteiger partial charge in [0.2, 0.25) is 11.0 Å². The number of benzene rings is 1. The van der Waals surface area contributed by atoms with E-state index in [2.05, 4.69) is 64.4 Å². The van der Waals surface area contributed by atoms with E-state index in [0.29, 0.717) is 0 Å². The fraction of sp³-hybridized carbons (Fsp3) is 0.414. The maximum atomic E-state index is 6.22. The first kappa shape index (κ1) is 30.0. The number of aromatic nitrogens is 3. The number of hydrogen-bond acceptors (Lipinski definition) is 3. The zero-order valence-corrected chi connectivity index (χ0v) is 25.0. The average Bonchev–Trinajstić information content (AvgIpc) is 2.83. The van der Waals surface area contributed by atoms with Crippen LogP contribution >= 0.6 is 34.0 Å². The molecule has 0 bridgehead atoms. The van der Waals surface area contributed by atoms with Gasteiger partial charge in [-0.25, -0.2) is 4.98 Å². The molecule has 7 heteroatoms. The van der Waals surface area contributed by atoms with Crippen LogP contribution in [-0.2, 0) is 13.1 Å². The topological polar surface area (TPSA) is 72.7 Å². The van der Waals surface area contributed by atoms with Crippen molar-refractivity contribution in [2.24, 2.45) is 0 Å². The molecule has 0 atom stereocenters. The Labute approximate surface area is 236 Å². The number of para-hydroxylation sites is 1. The molecule has 0 amide bonds. The van der Waals surface area contributed by atoms with Crippen molar-refractivity contribution in [1.82, 2.24) is 4.98 Å². The average molecular weight is 619 g/mol. The zero-order chi connectivity index (χ0) is 23.9. The van der Waals surface area contributed by atoms with Gasteiger partial charge in [-0.2, -0.15) is 9.13 Å². The fourth-order valence-electron chi connectivity index (χ4n) is 5.12. The van der Waals surface area contributed by atoms with Crippen LogP contribution in [0, 0.1) is 13.8 Å². The van der Waals surface area contributed by atoms with Crippen molar-refractivity contribution in [3.8, 4) is 0 Å². The summed E-state index contributed by atoms with van der Waals surface area (Å²) < 4.78 is 4.78. The van der Waals surface area contributed by atoms with Crippen molar-refractivity contribution in [2.45, 2.75) is 78.3 Å². The Balaban J connectivity index is 0.00000228. The van der Waals surface area contributed by atoms with Gasteiger partial charge in [0, 0.05) is 57.2 Å². The molecule has 1 aromatic carbocycles. The summed E-state index contributed by atoms with van der Waals surface area (Å²) in [5.74, 6) is 0. The SMILES string of the molecule is Br.Br.Cc1cc(N)c2ccccc2[n+]1CCCCCCCCCC[n+]1c(C)cc(N)c2ncccc21. The number of nitrogens with two attached hydrogens (primary N) is 2. The highest BCUT2D eigenvalue weighted by atomic mass is 79.9. The van der Waals surface area contributed by atoms with Crippen LogP contribution in [0.1, 0.15) is 62.8 Å². The Morgan fingerprint density at radius 2 is 1.14 bits per heavy atom. The third kappa shape index (κ3) is 7.16. The minimum atomic E-state index is 0. The maximum Gasteiger partial charge on any atom is 0.233 e. The molecule has 5 nitrogen and oxygen atoms in total. The van der Waals surface area contributed by atoms with Crippen molar-refractivity contribution in [1.29, 1.82) is 0 Å². The summed E-state index contributed by atoms with van der Waals surface area (Å²) in [5.41, 5.74) is 19.8. The lowest BCUT2D eigenvalue weighted by Crippen LogP contribution is -2.38. The molecule has 0 unspecified atom stereocenters. The van der Waals surface area contributed by atoms with E-state index in [9.17, 15) is 0 Å². The lowest BCUT2D eigenvalue weighted by atomic mass is 10.1. The molecule has 0 saturated carbocycles. The van der Waals surface area contributed by atoms with Crippen molar-refractivity contribution in [3.63, 3.8) is 0 Å². The Morgan fingerprint density at radius 3 is 1.78 bits per heavy atom. The van der Waals surface area contributed by atoms with Gasteiger partial charge in [0.1, 0.15) is 13.1 Å². The molecule has 0 saturated heterocycles. The second-order valence-corrected chi connectivity index (χ2v) is 9.50. The normalized spacial score (nSPS) is 10.8. The summed E-state index contributed by atoms with van der Waals surface area (Å²) >= 11 is 0. The van der Waals surface area contributed by atoms with Crippen LogP contribution in [0.3, 0.4) is 0 Å². The summed E-state index contributed by atoms with van der Waals surface area (Å²) in [6, 6.07) is 16.7. The van der Waals surface area contributed by atoms with Gasteiger partial charge in [0.15, 0.2) is 16.9 Å². The Hall–Kier alpha value is -2.25. The minimum Gasteiger partial charge on any atom is -0.398 e. The second kappa shape index (κ2) is 14.5. The molecular weight excluding hydrogens is 578 g/mol. The van der Waals surface area contributed by atoms with Gasteiger partial charge in [-0.05, 0) is 25.0 Å². The molecule has 4 rings (SSSR count). The van der Waals surface area contributed by atoms with Gasteiger partial charge >= 0.3 is 0 Å². The number of rotatable bonds is 11. The molecule has 194 valence electrons. The van der Waals surface area contributed by atoms with Gasteiger partial charge < -0.3 is 11.5 Å². The predicted octanol–water partition coefficient (Wildman–Crippen LogP) is 6.72. The third-order valence-corrected chi connectivity index (χ3v) is 6.95. The van der Waals surface area contributed by atoms with Crippen LogP contribution in [0.2, 0.25) is 0 Å². The molecule has 0 aliphatic rings. The first-order valence-corrected chi connectivity index (χ1v) is 12.8. The number of anilines is 2. The number of pyridine rings is 3. The molecule has 3 heterocycles. The second-order valence-electron chi connectivity index (χ2n) is 9.50. The predicted molar refractivity (Wildman–Crippen MR) is 162 cm³/mol.